The fraction of sp³-hybridized carbons (Fsp3) is 0.471. The minimum atomic E-state index is -1.79. The third-order valence-corrected chi connectivity index (χ3v) is 4.64. The summed E-state index contributed by atoms with van der Waals surface area (Å²) in [5, 5.41) is 21.8. The normalized spacial score (nSPS) is 28.3. The molecule has 0 bridgehead atoms. The molecule has 1 aromatic rings. The second-order valence-electron chi connectivity index (χ2n) is 6.38. The lowest BCUT2D eigenvalue weighted by atomic mass is 9.61. The van der Waals surface area contributed by atoms with Crippen molar-refractivity contribution in [3.8, 4) is 0 Å². The number of nitrogens with zero attached hydrogens (tertiary/aromatic N) is 1. The largest absolute Gasteiger partial charge is 0.469 e. The molecule has 1 aromatic carbocycles. The van der Waals surface area contributed by atoms with E-state index in [1.54, 1.807) is 0 Å². The summed E-state index contributed by atoms with van der Waals surface area (Å²) in [4.78, 5) is 47.6. The Morgan fingerprint density at radius 1 is 1.27 bits per heavy atom. The van der Waals surface area contributed by atoms with E-state index in [9.17, 15) is 29.6 Å². The van der Waals surface area contributed by atoms with Crippen LogP contribution in [-0.2, 0) is 23.9 Å². The zero-order valence-corrected chi connectivity index (χ0v) is 14.5. The number of carbonyl (C=O) groups is 3. The van der Waals surface area contributed by atoms with Gasteiger partial charge in [-0.1, -0.05) is 12.1 Å². The van der Waals surface area contributed by atoms with E-state index in [1.165, 1.54) is 31.2 Å². The molecule has 26 heavy (non-hydrogen) atoms. The molecule has 9 heteroatoms. The monoisotopic (exact) mass is 365 g/mol. The predicted molar refractivity (Wildman–Crippen MR) is 87.1 cm³/mol. The highest BCUT2D eigenvalue weighted by Crippen LogP contribution is 2.47. The molecule has 1 saturated carbocycles. The van der Waals surface area contributed by atoms with Gasteiger partial charge in [0.05, 0.1) is 30.7 Å². The summed E-state index contributed by atoms with van der Waals surface area (Å²) >= 11 is 0. The van der Waals surface area contributed by atoms with Gasteiger partial charge in [-0.05, 0) is 12.5 Å². The van der Waals surface area contributed by atoms with Gasteiger partial charge in [0.15, 0.2) is 5.78 Å². The first-order valence-corrected chi connectivity index (χ1v) is 7.79. The number of esters is 2. The maximum absolute atomic E-state index is 12.5. The van der Waals surface area contributed by atoms with E-state index in [0.717, 1.165) is 14.2 Å². The Morgan fingerprint density at radius 3 is 2.42 bits per heavy atom. The van der Waals surface area contributed by atoms with Crippen molar-refractivity contribution in [2.45, 2.75) is 24.9 Å². The van der Waals surface area contributed by atoms with Gasteiger partial charge in [0.25, 0.3) is 5.69 Å². The van der Waals surface area contributed by atoms with Crippen LogP contribution in [0.15, 0.2) is 24.3 Å². The smallest absolute Gasteiger partial charge is 0.316 e. The molecule has 0 radical (unpaired) electrons. The first-order chi connectivity index (χ1) is 12.1. The van der Waals surface area contributed by atoms with Gasteiger partial charge in [-0.2, -0.15) is 0 Å². The van der Waals surface area contributed by atoms with Crippen molar-refractivity contribution in [3.63, 3.8) is 0 Å². The van der Waals surface area contributed by atoms with E-state index in [-0.39, 0.29) is 11.3 Å². The molecule has 0 aromatic heterocycles. The maximum atomic E-state index is 12.5. The predicted octanol–water partition coefficient (Wildman–Crippen LogP) is 0.981. The molecule has 0 heterocycles. The molecule has 140 valence electrons. The van der Waals surface area contributed by atoms with E-state index in [0.29, 0.717) is 0 Å². The van der Waals surface area contributed by atoms with Crippen molar-refractivity contribution in [1.82, 2.24) is 0 Å². The van der Waals surface area contributed by atoms with Crippen molar-refractivity contribution in [2.24, 2.45) is 11.8 Å². The van der Waals surface area contributed by atoms with Gasteiger partial charge < -0.3 is 14.6 Å². The minimum Gasteiger partial charge on any atom is -0.469 e. The number of hydrogen-bond donors (Lipinski definition) is 1. The fourth-order valence-corrected chi connectivity index (χ4v) is 3.52. The average Bonchev–Trinajstić information content (AvgIpc) is 2.59. The lowest BCUT2D eigenvalue weighted by Crippen LogP contribution is -2.55. The first-order valence-electron chi connectivity index (χ1n) is 7.79. The number of nitro groups is 1. The molecular formula is C17H19NO8. The maximum Gasteiger partial charge on any atom is 0.316 e. The van der Waals surface area contributed by atoms with Crippen LogP contribution in [0.25, 0.3) is 0 Å². The zero-order chi connectivity index (χ0) is 19.6. The number of rotatable bonds is 4. The number of carbonyl (C=O) groups excluding carboxylic acids is 3. The van der Waals surface area contributed by atoms with Crippen molar-refractivity contribution in [1.29, 1.82) is 0 Å². The summed E-state index contributed by atoms with van der Waals surface area (Å²) in [6.07, 6.45) is -0.446. The molecule has 0 spiro atoms. The number of aliphatic hydroxyl groups is 1. The molecule has 1 fully saturated rings. The number of benzene rings is 1. The Kier molecular flexibility index (Phi) is 5.41. The SMILES string of the molecule is COC(=O)[C@H]1C(=O)C[C@@](C)(O)[C@H](C(=O)OC)[C@@H]1c1cccc([N+](=O)[O-])c1. The molecule has 1 aliphatic rings. The number of Topliss-reactive ketones (excluding diaryl/α,β-unsaturated/α-hetero) is 1. The fourth-order valence-electron chi connectivity index (χ4n) is 3.52. The number of hydrogen-bond acceptors (Lipinski definition) is 8. The third kappa shape index (κ3) is 3.43. The highest BCUT2D eigenvalue weighted by atomic mass is 16.6. The quantitative estimate of drug-likeness (QED) is 0.361. The number of non-ortho nitro benzene ring substituents is 1. The van der Waals surface area contributed by atoms with Crippen LogP contribution in [0.1, 0.15) is 24.8 Å². The summed E-state index contributed by atoms with van der Waals surface area (Å²) in [6.45, 7) is 1.30. The Labute approximate surface area is 149 Å². The molecule has 0 saturated heterocycles. The first kappa shape index (κ1) is 19.5. The Morgan fingerprint density at radius 2 is 1.88 bits per heavy atom. The molecule has 1 N–H and O–H groups in total. The van der Waals surface area contributed by atoms with E-state index >= 15 is 0 Å². The minimum absolute atomic E-state index is 0.193. The summed E-state index contributed by atoms with van der Waals surface area (Å²) in [5.41, 5.74) is -1.87. The molecular weight excluding hydrogens is 346 g/mol. The second kappa shape index (κ2) is 7.20. The van der Waals surface area contributed by atoms with Gasteiger partial charge in [0.1, 0.15) is 5.92 Å². The van der Waals surface area contributed by atoms with E-state index in [2.05, 4.69) is 0 Å². The highest BCUT2D eigenvalue weighted by molar-refractivity contribution is 6.02. The number of nitro benzene ring substituents is 1. The summed E-state index contributed by atoms with van der Waals surface area (Å²) < 4.78 is 9.45. The van der Waals surface area contributed by atoms with Crippen molar-refractivity contribution in [3.05, 3.63) is 39.9 Å². The van der Waals surface area contributed by atoms with Crippen LogP contribution in [0.3, 0.4) is 0 Å². The van der Waals surface area contributed by atoms with Crippen molar-refractivity contribution >= 4 is 23.4 Å². The molecule has 0 unspecified atom stereocenters. The lowest BCUT2D eigenvalue weighted by molar-refractivity contribution is -0.385. The summed E-state index contributed by atoms with van der Waals surface area (Å²) in [6, 6.07) is 5.25. The van der Waals surface area contributed by atoms with Gasteiger partial charge in [-0.15, -0.1) is 0 Å². The Balaban J connectivity index is 2.69. The molecule has 1 aliphatic carbocycles. The molecule has 0 amide bonds. The summed E-state index contributed by atoms with van der Waals surface area (Å²) in [5.74, 6) is -6.14. The van der Waals surface area contributed by atoms with E-state index in [1.807, 2.05) is 0 Å². The Hall–Kier alpha value is -2.81. The van der Waals surface area contributed by atoms with Crippen LogP contribution >= 0.6 is 0 Å². The number of ketones is 1. The summed E-state index contributed by atoms with van der Waals surface area (Å²) in [7, 11) is 2.21. The average molecular weight is 365 g/mol. The molecule has 2 rings (SSSR count). The van der Waals surface area contributed by atoms with Crippen LogP contribution in [0.4, 0.5) is 5.69 Å². The molecule has 9 nitrogen and oxygen atoms in total. The second-order valence-corrected chi connectivity index (χ2v) is 6.38. The molecule has 0 aliphatic heterocycles. The number of methoxy groups -OCH3 is 2. The van der Waals surface area contributed by atoms with E-state index < -0.39 is 52.4 Å². The van der Waals surface area contributed by atoms with Crippen molar-refractivity contribution in [2.75, 3.05) is 14.2 Å². The van der Waals surface area contributed by atoms with Crippen LogP contribution in [-0.4, -0.2) is 47.6 Å². The van der Waals surface area contributed by atoms with E-state index in [4.69, 9.17) is 9.47 Å². The Bertz CT molecular complexity index is 757. The lowest BCUT2D eigenvalue weighted by Gasteiger charge is -2.43. The zero-order valence-electron chi connectivity index (χ0n) is 14.5. The van der Waals surface area contributed by atoms with Crippen LogP contribution in [0.5, 0.6) is 0 Å². The van der Waals surface area contributed by atoms with Crippen LogP contribution < -0.4 is 0 Å². The standard InChI is InChI=1S/C17H19NO8/c1-17(22)8-11(19)13(15(20)25-2)12(14(17)16(21)26-3)9-5-4-6-10(7-9)18(23)24/h4-7,12-14,22H,8H2,1-3H3/t12-,13+,14+,17-/m1/s1. The van der Waals surface area contributed by atoms with Crippen LogP contribution in [0.2, 0.25) is 0 Å². The topological polar surface area (TPSA) is 133 Å². The number of ether oxygens (including phenoxy) is 2. The van der Waals surface area contributed by atoms with Gasteiger partial charge in [0, 0.05) is 24.5 Å². The van der Waals surface area contributed by atoms with Crippen LogP contribution in [0, 0.1) is 22.0 Å². The molecule has 4 atom stereocenters. The third-order valence-electron chi connectivity index (χ3n) is 4.64. The highest BCUT2D eigenvalue weighted by Gasteiger charge is 2.57. The van der Waals surface area contributed by atoms with Gasteiger partial charge in [-0.25, -0.2) is 0 Å². The van der Waals surface area contributed by atoms with Gasteiger partial charge in [0.2, 0.25) is 0 Å². The van der Waals surface area contributed by atoms with Gasteiger partial charge in [-0.3, -0.25) is 24.5 Å². The van der Waals surface area contributed by atoms with Gasteiger partial charge >= 0.3 is 11.9 Å². The van der Waals surface area contributed by atoms with Crippen molar-refractivity contribution < 1.29 is 33.9 Å².